The summed E-state index contributed by atoms with van der Waals surface area (Å²) in [5, 5.41) is 24.6. The number of hydrogen-bond acceptors (Lipinski definition) is 4. The van der Waals surface area contributed by atoms with Crippen LogP contribution in [0.5, 0.6) is 11.5 Å². The van der Waals surface area contributed by atoms with Crippen molar-refractivity contribution in [2.45, 2.75) is 0 Å². The third-order valence-electron chi connectivity index (χ3n) is 3.61. The number of amides is 1. The molecule has 0 radical (unpaired) electrons. The first-order chi connectivity index (χ1) is 11.1. The lowest BCUT2D eigenvalue weighted by atomic mass is 10.1. The summed E-state index contributed by atoms with van der Waals surface area (Å²) in [6.07, 6.45) is 3.08. The standard InChI is InChI=1S/C17H15N3O3/c1-20-10-14(13-4-2-3-5-15(13)20)17(23)19-18-9-11-6-7-12(21)8-16(11)22/h2-10,21-22H,1H3,(H,19,23)/b18-9+. The van der Waals surface area contributed by atoms with Gasteiger partial charge in [0.15, 0.2) is 0 Å². The van der Waals surface area contributed by atoms with E-state index in [1.807, 2.05) is 37.5 Å². The highest BCUT2D eigenvalue weighted by Gasteiger charge is 2.27. The highest BCUT2D eigenvalue weighted by atomic mass is 16.3. The maximum absolute atomic E-state index is 12.3. The molecular formula is C17H15N3O3. The number of carbonyl (C=O) groups is 1. The molecule has 23 heavy (non-hydrogen) atoms. The Balaban J connectivity index is 1.73. The van der Waals surface area contributed by atoms with Crippen LogP contribution in [-0.4, -0.2) is 24.3 Å². The molecule has 0 saturated heterocycles. The highest BCUT2D eigenvalue weighted by Crippen LogP contribution is 2.24. The first-order valence-electron chi connectivity index (χ1n) is 7.05. The van der Waals surface area contributed by atoms with Crippen molar-refractivity contribution in [1.29, 1.82) is 0 Å². The number of hydrazone groups is 1. The minimum absolute atomic E-state index is 0.102. The summed E-state index contributed by atoms with van der Waals surface area (Å²) in [7, 11) is 1.95. The van der Waals surface area contributed by atoms with Crippen LogP contribution in [0.25, 0.3) is 5.57 Å². The van der Waals surface area contributed by atoms with Crippen molar-refractivity contribution < 1.29 is 19.9 Å². The third-order valence-corrected chi connectivity index (χ3v) is 3.61. The molecule has 0 saturated carbocycles. The first-order valence-corrected chi connectivity index (χ1v) is 7.05. The van der Waals surface area contributed by atoms with E-state index < -0.39 is 0 Å². The molecule has 0 aliphatic carbocycles. The SMILES string of the molecule is C[NH+]1C=C(C(=O)N/N=C/c2ccc(O)cc2[O-])c2ccccc21. The molecule has 1 aliphatic rings. The Morgan fingerprint density at radius 2 is 2.09 bits per heavy atom. The van der Waals surface area contributed by atoms with Gasteiger partial charge in [-0.25, -0.2) is 5.43 Å². The predicted octanol–water partition coefficient (Wildman–Crippen LogP) is 0.117. The monoisotopic (exact) mass is 309 g/mol. The van der Waals surface area contributed by atoms with Crippen LogP contribution in [0.15, 0.2) is 53.8 Å². The Hall–Kier alpha value is -3.12. The van der Waals surface area contributed by atoms with Gasteiger partial charge in [-0.2, -0.15) is 5.10 Å². The molecule has 2 aromatic carbocycles. The zero-order valence-electron chi connectivity index (χ0n) is 12.4. The zero-order valence-corrected chi connectivity index (χ0v) is 12.4. The van der Waals surface area contributed by atoms with Crippen molar-refractivity contribution in [2.24, 2.45) is 5.10 Å². The van der Waals surface area contributed by atoms with Crippen molar-refractivity contribution in [2.75, 3.05) is 7.05 Å². The average molecular weight is 309 g/mol. The number of aromatic hydroxyl groups is 1. The smallest absolute Gasteiger partial charge is 0.277 e. The van der Waals surface area contributed by atoms with Gasteiger partial charge in [0.05, 0.1) is 18.8 Å². The van der Waals surface area contributed by atoms with Gasteiger partial charge in [-0.05, 0) is 23.8 Å². The minimum Gasteiger partial charge on any atom is -0.872 e. The van der Waals surface area contributed by atoms with E-state index in [1.54, 1.807) is 0 Å². The van der Waals surface area contributed by atoms with Gasteiger partial charge in [0, 0.05) is 6.07 Å². The molecule has 116 valence electrons. The van der Waals surface area contributed by atoms with Gasteiger partial charge < -0.3 is 10.2 Å². The summed E-state index contributed by atoms with van der Waals surface area (Å²) in [6.45, 7) is 0. The number of nitrogens with one attached hydrogen (secondary N) is 2. The van der Waals surface area contributed by atoms with E-state index in [0.29, 0.717) is 5.57 Å². The number of nitrogens with zero attached hydrogens (tertiary/aromatic N) is 1. The van der Waals surface area contributed by atoms with Crippen LogP contribution in [0.4, 0.5) is 5.69 Å². The summed E-state index contributed by atoms with van der Waals surface area (Å²) >= 11 is 0. The van der Waals surface area contributed by atoms with Crippen LogP contribution in [0.1, 0.15) is 11.1 Å². The lowest BCUT2D eigenvalue weighted by molar-refractivity contribution is -0.747. The molecule has 1 amide bonds. The number of benzene rings is 2. The molecule has 3 rings (SSSR count). The lowest BCUT2D eigenvalue weighted by Crippen LogP contribution is -2.97. The zero-order chi connectivity index (χ0) is 16.4. The molecule has 0 aromatic heterocycles. The van der Waals surface area contributed by atoms with Gasteiger partial charge in [-0.15, -0.1) is 0 Å². The Bertz CT molecular complexity index is 828. The Morgan fingerprint density at radius 1 is 1.30 bits per heavy atom. The van der Waals surface area contributed by atoms with Crippen LogP contribution in [0.2, 0.25) is 0 Å². The molecule has 0 spiro atoms. The number of rotatable bonds is 3. The van der Waals surface area contributed by atoms with Crippen LogP contribution in [0.3, 0.4) is 0 Å². The summed E-state index contributed by atoms with van der Waals surface area (Å²) < 4.78 is 0. The summed E-state index contributed by atoms with van der Waals surface area (Å²) in [5.74, 6) is -0.802. The van der Waals surface area contributed by atoms with E-state index in [4.69, 9.17) is 0 Å². The van der Waals surface area contributed by atoms with Gasteiger partial charge >= 0.3 is 0 Å². The van der Waals surface area contributed by atoms with Gasteiger partial charge in [-0.1, -0.05) is 23.9 Å². The molecule has 6 heteroatoms. The van der Waals surface area contributed by atoms with Gasteiger partial charge in [-0.3, -0.25) is 9.69 Å². The second-order valence-electron chi connectivity index (χ2n) is 5.21. The third kappa shape index (κ3) is 2.93. The van der Waals surface area contributed by atoms with E-state index in [0.717, 1.165) is 22.2 Å². The molecule has 1 atom stereocenters. The summed E-state index contributed by atoms with van der Waals surface area (Å²) in [4.78, 5) is 13.3. The highest BCUT2D eigenvalue weighted by molar-refractivity contribution is 6.21. The largest absolute Gasteiger partial charge is 0.872 e. The minimum atomic E-state index is -0.363. The molecule has 6 nitrogen and oxygen atoms in total. The fourth-order valence-electron chi connectivity index (χ4n) is 2.47. The number of phenols is 1. The number of fused-ring (bicyclic) bond motifs is 1. The van der Waals surface area contributed by atoms with E-state index in [-0.39, 0.29) is 23.0 Å². The van der Waals surface area contributed by atoms with Crippen LogP contribution < -0.4 is 15.4 Å². The normalized spacial score (nSPS) is 16.2. The predicted molar refractivity (Wildman–Crippen MR) is 84.3 cm³/mol. The molecule has 1 aliphatic heterocycles. The van der Waals surface area contributed by atoms with Crippen molar-refractivity contribution in [1.82, 2.24) is 5.43 Å². The maximum Gasteiger partial charge on any atom is 0.277 e. The molecule has 2 aromatic rings. The van der Waals surface area contributed by atoms with E-state index in [9.17, 15) is 15.0 Å². The lowest BCUT2D eigenvalue weighted by Gasteiger charge is -2.09. The molecular weight excluding hydrogens is 294 g/mol. The fourth-order valence-corrected chi connectivity index (χ4v) is 2.47. The number of carbonyl (C=O) groups excluding carboxylic acids is 1. The van der Waals surface area contributed by atoms with Crippen molar-refractivity contribution in [3.05, 3.63) is 59.8 Å². The van der Waals surface area contributed by atoms with E-state index in [1.165, 1.54) is 18.3 Å². The molecule has 0 bridgehead atoms. The van der Waals surface area contributed by atoms with Gasteiger partial charge in [0.25, 0.3) is 5.91 Å². The number of hydrogen-bond donors (Lipinski definition) is 3. The summed E-state index contributed by atoms with van der Waals surface area (Å²) in [5.41, 5.74) is 5.15. The second kappa shape index (κ2) is 5.94. The van der Waals surface area contributed by atoms with Gasteiger partial charge in [0.1, 0.15) is 23.2 Å². The van der Waals surface area contributed by atoms with Crippen LogP contribution >= 0.6 is 0 Å². The van der Waals surface area contributed by atoms with Gasteiger partial charge in [0.2, 0.25) is 0 Å². The van der Waals surface area contributed by atoms with Crippen molar-refractivity contribution in [3.63, 3.8) is 0 Å². The van der Waals surface area contributed by atoms with Crippen LogP contribution in [-0.2, 0) is 4.79 Å². The first kappa shape index (κ1) is 14.8. The molecule has 1 unspecified atom stereocenters. The number of para-hydroxylation sites is 1. The Morgan fingerprint density at radius 3 is 2.87 bits per heavy atom. The topological polar surface area (TPSA) is 89.2 Å². The summed E-state index contributed by atoms with van der Waals surface area (Å²) in [6, 6.07) is 11.6. The molecule has 1 heterocycles. The number of phenolic OH excluding ortho intramolecular Hbond substituents is 1. The van der Waals surface area contributed by atoms with Crippen LogP contribution in [0, 0.1) is 0 Å². The molecule has 0 fully saturated rings. The fraction of sp³-hybridized carbons (Fsp3) is 0.0588. The van der Waals surface area contributed by atoms with E-state index in [2.05, 4.69) is 10.5 Å². The average Bonchev–Trinajstić information content (AvgIpc) is 2.87. The Kier molecular flexibility index (Phi) is 3.82. The number of quaternary nitrogens is 1. The second-order valence-corrected chi connectivity index (χ2v) is 5.21. The molecule has 3 N–H and O–H groups in total. The van der Waals surface area contributed by atoms with Crippen molar-refractivity contribution >= 4 is 23.4 Å². The Labute approximate surface area is 133 Å². The quantitative estimate of drug-likeness (QED) is 0.555. The van der Waals surface area contributed by atoms with E-state index >= 15 is 0 Å². The van der Waals surface area contributed by atoms with Crippen molar-refractivity contribution in [3.8, 4) is 11.5 Å². The maximum atomic E-state index is 12.3.